The predicted molar refractivity (Wildman–Crippen MR) is 81.5 cm³/mol. The van der Waals surface area contributed by atoms with E-state index in [9.17, 15) is 15.2 Å². The van der Waals surface area contributed by atoms with E-state index in [1.165, 1.54) is 12.1 Å². The normalized spacial score (nSPS) is 11.7. The molecule has 106 valence electrons. The number of nitrogens with two attached hydrogens (primary N) is 1. The van der Waals surface area contributed by atoms with Gasteiger partial charge in [0.2, 0.25) is 0 Å². The Morgan fingerprint density at radius 1 is 1.24 bits per heavy atom. The molecule has 0 aromatic heterocycles. The molecular weight excluding hydrogens is 270 g/mol. The molecule has 0 bridgehead atoms. The Bertz CT molecular complexity index is 706. The molecule has 0 unspecified atom stereocenters. The van der Waals surface area contributed by atoms with Crippen molar-refractivity contribution in [2.24, 2.45) is 10.7 Å². The number of phenolic OH excluding ortho intramolecular Hbond substituents is 1. The van der Waals surface area contributed by atoms with Crippen LogP contribution in [0.1, 0.15) is 5.56 Å². The number of phenols is 1. The van der Waals surface area contributed by atoms with Crippen molar-refractivity contribution in [3.8, 4) is 5.75 Å². The third kappa shape index (κ3) is 4.17. The lowest BCUT2D eigenvalue weighted by Gasteiger charge is -1.97. The van der Waals surface area contributed by atoms with Crippen molar-refractivity contribution < 1.29 is 10.0 Å². The van der Waals surface area contributed by atoms with Crippen molar-refractivity contribution in [3.63, 3.8) is 0 Å². The Hall–Kier alpha value is -3.15. The highest BCUT2D eigenvalue weighted by atomic mass is 16.6. The van der Waals surface area contributed by atoms with E-state index in [-0.39, 0.29) is 17.3 Å². The zero-order chi connectivity index (χ0) is 15.2. The van der Waals surface area contributed by atoms with Gasteiger partial charge in [-0.05, 0) is 29.8 Å². The third-order valence-corrected chi connectivity index (χ3v) is 2.64. The molecule has 0 amide bonds. The van der Waals surface area contributed by atoms with Crippen LogP contribution >= 0.6 is 0 Å². The fourth-order valence-corrected chi connectivity index (χ4v) is 1.63. The van der Waals surface area contributed by atoms with Crippen LogP contribution in [0, 0.1) is 10.1 Å². The van der Waals surface area contributed by atoms with Crippen LogP contribution in [0.5, 0.6) is 5.75 Å². The van der Waals surface area contributed by atoms with Crippen LogP contribution in [0.25, 0.3) is 6.08 Å². The second kappa shape index (κ2) is 6.33. The molecule has 0 aliphatic rings. The third-order valence-electron chi connectivity index (χ3n) is 2.64. The average Bonchev–Trinajstić information content (AvgIpc) is 2.47. The maximum Gasteiger partial charge on any atom is 0.271 e. The van der Waals surface area contributed by atoms with Gasteiger partial charge in [0.25, 0.3) is 5.69 Å². The van der Waals surface area contributed by atoms with E-state index in [2.05, 4.69) is 4.99 Å². The maximum absolute atomic E-state index is 10.7. The highest BCUT2D eigenvalue weighted by Crippen LogP contribution is 2.19. The number of hydrogen-bond donors (Lipinski definition) is 2. The number of benzene rings is 2. The van der Waals surface area contributed by atoms with Gasteiger partial charge in [0, 0.05) is 12.1 Å². The fourth-order valence-electron chi connectivity index (χ4n) is 1.63. The first kappa shape index (κ1) is 14.3. The second-order valence-electron chi connectivity index (χ2n) is 4.24. The van der Waals surface area contributed by atoms with Crippen LogP contribution < -0.4 is 5.73 Å². The summed E-state index contributed by atoms with van der Waals surface area (Å²) in [7, 11) is 0. The van der Waals surface area contributed by atoms with Crippen LogP contribution in [0.4, 0.5) is 11.4 Å². The highest BCUT2D eigenvalue weighted by Gasteiger charge is 2.04. The van der Waals surface area contributed by atoms with Crippen molar-refractivity contribution in [3.05, 3.63) is 70.3 Å². The van der Waals surface area contributed by atoms with Crippen molar-refractivity contribution in [1.82, 2.24) is 0 Å². The minimum Gasteiger partial charge on any atom is -0.508 e. The fraction of sp³-hybridized carbons (Fsp3) is 0. The number of amidine groups is 1. The minimum absolute atomic E-state index is 0.0356. The number of aromatic hydroxyl groups is 1. The van der Waals surface area contributed by atoms with E-state index in [0.29, 0.717) is 5.69 Å². The van der Waals surface area contributed by atoms with E-state index < -0.39 is 4.92 Å². The number of nitrogens with zero attached hydrogens (tertiary/aromatic N) is 2. The summed E-state index contributed by atoms with van der Waals surface area (Å²) in [5.41, 5.74) is 6.98. The van der Waals surface area contributed by atoms with Crippen molar-refractivity contribution in [2.75, 3.05) is 0 Å². The molecule has 2 aromatic rings. The highest BCUT2D eigenvalue weighted by molar-refractivity contribution is 5.96. The Morgan fingerprint density at radius 3 is 2.62 bits per heavy atom. The largest absolute Gasteiger partial charge is 0.508 e. The van der Waals surface area contributed by atoms with E-state index in [4.69, 9.17) is 5.73 Å². The lowest BCUT2D eigenvalue weighted by Crippen LogP contribution is -2.06. The van der Waals surface area contributed by atoms with Gasteiger partial charge in [0.05, 0.1) is 10.6 Å². The molecule has 0 spiro atoms. The molecule has 2 aromatic carbocycles. The van der Waals surface area contributed by atoms with Gasteiger partial charge in [-0.1, -0.05) is 24.3 Å². The van der Waals surface area contributed by atoms with E-state index in [0.717, 1.165) is 5.56 Å². The summed E-state index contributed by atoms with van der Waals surface area (Å²) >= 11 is 0. The van der Waals surface area contributed by atoms with Gasteiger partial charge in [-0.25, -0.2) is 4.99 Å². The molecule has 0 atom stereocenters. The molecule has 0 aliphatic carbocycles. The molecule has 0 heterocycles. The van der Waals surface area contributed by atoms with Gasteiger partial charge in [-0.2, -0.15) is 0 Å². The number of nitro groups is 1. The van der Waals surface area contributed by atoms with Crippen LogP contribution in [0.3, 0.4) is 0 Å². The zero-order valence-corrected chi connectivity index (χ0v) is 11.0. The first-order chi connectivity index (χ1) is 10.0. The van der Waals surface area contributed by atoms with Crippen LogP contribution in [0.15, 0.2) is 59.6 Å². The molecule has 0 aliphatic heterocycles. The van der Waals surface area contributed by atoms with Crippen molar-refractivity contribution in [2.45, 2.75) is 0 Å². The minimum atomic E-state index is -0.485. The van der Waals surface area contributed by atoms with Gasteiger partial charge >= 0.3 is 0 Å². The number of nitro benzene ring substituents is 1. The van der Waals surface area contributed by atoms with Crippen LogP contribution in [-0.2, 0) is 0 Å². The molecular formula is C15H13N3O3. The number of aliphatic imine (C=N–C) groups is 1. The topological polar surface area (TPSA) is 102 Å². The molecule has 2 rings (SSSR count). The summed E-state index contributed by atoms with van der Waals surface area (Å²) in [5, 5.41) is 19.8. The molecule has 0 saturated carbocycles. The van der Waals surface area contributed by atoms with E-state index in [1.54, 1.807) is 48.6 Å². The van der Waals surface area contributed by atoms with Gasteiger partial charge in [0.1, 0.15) is 11.6 Å². The summed E-state index contributed by atoms with van der Waals surface area (Å²) in [6.07, 6.45) is 3.32. The van der Waals surface area contributed by atoms with Gasteiger partial charge in [0.15, 0.2) is 0 Å². The van der Waals surface area contributed by atoms with E-state index >= 15 is 0 Å². The second-order valence-corrected chi connectivity index (χ2v) is 4.24. The maximum atomic E-state index is 10.7. The van der Waals surface area contributed by atoms with Gasteiger partial charge < -0.3 is 10.8 Å². The van der Waals surface area contributed by atoms with E-state index in [1.807, 2.05) is 0 Å². The lowest BCUT2D eigenvalue weighted by molar-refractivity contribution is -0.384. The summed E-state index contributed by atoms with van der Waals surface area (Å²) in [4.78, 5) is 14.3. The molecule has 21 heavy (non-hydrogen) atoms. The van der Waals surface area contributed by atoms with Crippen LogP contribution in [0.2, 0.25) is 0 Å². The Kier molecular flexibility index (Phi) is 4.30. The monoisotopic (exact) mass is 283 g/mol. The van der Waals surface area contributed by atoms with Gasteiger partial charge in [-0.15, -0.1) is 0 Å². The van der Waals surface area contributed by atoms with Gasteiger partial charge in [-0.3, -0.25) is 10.1 Å². The number of hydrogen-bond acceptors (Lipinski definition) is 4. The van der Waals surface area contributed by atoms with Crippen LogP contribution in [-0.4, -0.2) is 15.9 Å². The Morgan fingerprint density at radius 2 is 1.95 bits per heavy atom. The predicted octanol–water partition coefficient (Wildman–Crippen LogP) is 3.00. The number of rotatable bonds is 4. The molecule has 0 saturated heterocycles. The summed E-state index contributed by atoms with van der Waals surface area (Å²) < 4.78 is 0. The SMILES string of the molecule is NC(/C=C/c1ccc(O)cc1)=Nc1cccc([N+](=O)[O-])c1. The quantitative estimate of drug-likeness (QED) is 0.389. The molecule has 6 nitrogen and oxygen atoms in total. The molecule has 3 N–H and O–H groups in total. The molecule has 0 radical (unpaired) electrons. The zero-order valence-electron chi connectivity index (χ0n) is 11.0. The summed E-state index contributed by atoms with van der Waals surface area (Å²) in [5.74, 6) is 0.411. The standard InChI is InChI=1S/C15H13N3O3/c16-15(9-6-11-4-7-14(19)8-5-11)17-12-2-1-3-13(10-12)18(20)21/h1-10,19H,(H2,16,17)/b9-6+. The summed E-state index contributed by atoms with van der Waals surface area (Å²) in [6.45, 7) is 0. The smallest absolute Gasteiger partial charge is 0.271 e. The summed E-state index contributed by atoms with van der Waals surface area (Å²) in [6, 6.07) is 12.5. The Labute approximate surface area is 121 Å². The Balaban J connectivity index is 2.15. The number of non-ortho nitro benzene ring substituents is 1. The first-order valence-electron chi connectivity index (χ1n) is 6.10. The lowest BCUT2D eigenvalue weighted by atomic mass is 10.2. The molecule has 6 heteroatoms. The first-order valence-corrected chi connectivity index (χ1v) is 6.10. The average molecular weight is 283 g/mol. The van der Waals surface area contributed by atoms with Crippen molar-refractivity contribution >= 4 is 23.3 Å². The molecule has 0 fully saturated rings. The van der Waals surface area contributed by atoms with Crippen molar-refractivity contribution in [1.29, 1.82) is 0 Å².